The molecule has 6 heteroatoms. The number of aromatic amines is 1. The number of hydrogen-bond acceptors (Lipinski definition) is 4. The molecule has 6 nitrogen and oxygen atoms in total. The zero-order chi connectivity index (χ0) is 14.5. The second kappa shape index (κ2) is 6.18. The van der Waals surface area contributed by atoms with Gasteiger partial charge in [-0.25, -0.2) is 9.97 Å². The van der Waals surface area contributed by atoms with Crippen LogP contribution in [0.25, 0.3) is 17.1 Å². The van der Waals surface area contributed by atoms with Crippen LogP contribution in [0.2, 0.25) is 0 Å². The number of amides is 1. The second-order valence-corrected chi connectivity index (χ2v) is 4.80. The molecule has 0 aliphatic carbocycles. The van der Waals surface area contributed by atoms with E-state index in [1.165, 1.54) is 12.4 Å². The van der Waals surface area contributed by atoms with Gasteiger partial charge in [-0.2, -0.15) is 0 Å². The Morgan fingerprint density at radius 3 is 3.00 bits per heavy atom. The van der Waals surface area contributed by atoms with Crippen LogP contribution in [0.4, 0.5) is 0 Å². The highest BCUT2D eigenvalue weighted by atomic mass is 16.5. The lowest BCUT2D eigenvalue weighted by atomic mass is 10.2. The molecule has 0 radical (unpaired) electrons. The molecule has 0 aliphatic rings. The number of ether oxygens (including phenoxy) is 1. The Labute approximate surface area is 117 Å². The fraction of sp³-hybridized carbons (Fsp3) is 0.357. The first kappa shape index (κ1) is 14.0. The molecule has 20 heavy (non-hydrogen) atoms. The van der Waals surface area contributed by atoms with Crippen molar-refractivity contribution in [3.8, 4) is 5.88 Å². The van der Waals surface area contributed by atoms with Gasteiger partial charge in [-0.3, -0.25) is 4.79 Å². The lowest BCUT2D eigenvalue weighted by molar-refractivity contribution is -0.115. The normalized spacial score (nSPS) is 11.4. The van der Waals surface area contributed by atoms with Crippen molar-refractivity contribution in [1.82, 2.24) is 20.3 Å². The molecule has 0 saturated heterocycles. The number of hydrogen-bond donors (Lipinski definition) is 2. The third-order valence-electron chi connectivity index (χ3n) is 2.68. The van der Waals surface area contributed by atoms with Crippen LogP contribution in [0.15, 0.2) is 18.6 Å². The van der Waals surface area contributed by atoms with Gasteiger partial charge in [0.2, 0.25) is 11.8 Å². The van der Waals surface area contributed by atoms with Gasteiger partial charge >= 0.3 is 0 Å². The molecule has 2 aromatic heterocycles. The standard InChI is InChI=1S/C14H18N4O2/c1-9(2)7-20-14-12-10(4-5-11(19)15-3)6-16-13(12)17-8-18-14/h4-6,8-9H,7H2,1-3H3,(H,15,19)(H,16,17,18)/b5-4+. The minimum atomic E-state index is -0.166. The number of nitrogens with zero attached hydrogens (tertiary/aromatic N) is 2. The van der Waals surface area contributed by atoms with Crippen molar-refractivity contribution in [3.63, 3.8) is 0 Å². The molecule has 0 aromatic carbocycles. The lowest BCUT2D eigenvalue weighted by Gasteiger charge is -2.08. The second-order valence-electron chi connectivity index (χ2n) is 4.80. The van der Waals surface area contributed by atoms with E-state index >= 15 is 0 Å². The predicted octanol–water partition coefficient (Wildman–Crippen LogP) is 1.75. The number of carbonyl (C=O) groups excluding carboxylic acids is 1. The Morgan fingerprint density at radius 1 is 1.50 bits per heavy atom. The highest BCUT2D eigenvalue weighted by Crippen LogP contribution is 2.26. The van der Waals surface area contributed by atoms with Gasteiger partial charge in [0.1, 0.15) is 12.0 Å². The van der Waals surface area contributed by atoms with Crippen molar-refractivity contribution in [2.75, 3.05) is 13.7 Å². The maximum Gasteiger partial charge on any atom is 0.243 e. The van der Waals surface area contributed by atoms with E-state index in [1.807, 2.05) is 0 Å². The number of rotatable bonds is 5. The van der Waals surface area contributed by atoms with Gasteiger partial charge in [-0.1, -0.05) is 13.8 Å². The summed E-state index contributed by atoms with van der Waals surface area (Å²) in [5, 5.41) is 3.32. The Balaban J connectivity index is 2.36. The molecule has 0 fully saturated rings. The monoisotopic (exact) mass is 274 g/mol. The summed E-state index contributed by atoms with van der Waals surface area (Å²) in [6.45, 7) is 4.72. The molecule has 0 bridgehead atoms. The van der Waals surface area contributed by atoms with Crippen LogP contribution < -0.4 is 10.1 Å². The molecular formula is C14H18N4O2. The van der Waals surface area contributed by atoms with Crippen LogP contribution >= 0.6 is 0 Å². The van der Waals surface area contributed by atoms with Crippen LogP contribution in [-0.2, 0) is 4.79 Å². The predicted molar refractivity (Wildman–Crippen MR) is 77.3 cm³/mol. The topological polar surface area (TPSA) is 79.9 Å². The van der Waals surface area contributed by atoms with E-state index < -0.39 is 0 Å². The average molecular weight is 274 g/mol. The molecular weight excluding hydrogens is 256 g/mol. The summed E-state index contributed by atoms with van der Waals surface area (Å²) in [6, 6.07) is 0. The van der Waals surface area contributed by atoms with Gasteiger partial charge in [0.05, 0.1) is 12.0 Å². The van der Waals surface area contributed by atoms with Gasteiger partial charge in [-0.15, -0.1) is 0 Å². The molecule has 106 valence electrons. The Hall–Kier alpha value is -2.37. The Kier molecular flexibility index (Phi) is 4.34. The van der Waals surface area contributed by atoms with E-state index in [2.05, 4.69) is 34.1 Å². The summed E-state index contributed by atoms with van der Waals surface area (Å²) in [5.74, 6) is 0.770. The van der Waals surface area contributed by atoms with Gasteiger partial charge in [0.15, 0.2) is 0 Å². The first-order chi connectivity index (χ1) is 9.61. The maximum absolute atomic E-state index is 11.3. The highest BCUT2D eigenvalue weighted by molar-refractivity contribution is 5.96. The third-order valence-corrected chi connectivity index (χ3v) is 2.68. The molecule has 0 unspecified atom stereocenters. The smallest absolute Gasteiger partial charge is 0.243 e. The zero-order valence-electron chi connectivity index (χ0n) is 11.8. The van der Waals surface area contributed by atoms with E-state index in [0.717, 1.165) is 10.9 Å². The van der Waals surface area contributed by atoms with Crippen molar-refractivity contribution < 1.29 is 9.53 Å². The minimum absolute atomic E-state index is 0.166. The summed E-state index contributed by atoms with van der Waals surface area (Å²) in [5.41, 5.74) is 1.51. The van der Waals surface area contributed by atoms with Crippen molar-refractivity contribution in [3.05, 3.63) is 24.2 Å². The third kappa shape index (κ3) is 3.14. The number of H-pyrrole nitrogens is 1. The van der Waals surface area contributed by atoms with Crippen LogP contribution in [-0.4, -0.2) is 34.5 Å². The number of fused-ring (bicyclic) bond motifs is 1. The summed E-state index contributed by atoms with van der Waals surface area (Å²) in [7, 11) is 1.59. The molecule has 2 aromatic rings. The largest absolute Gasteiger partial charge is 0.477 e. The van der Waals surface area contributed by atoms with Gasteiger partial charge in [0, 0.05) is 24.9 Å². The molecule has 0 spiro atoms. The summed E-state index contributed by atoms with van der Waals surface area (Å²) in [6.07, 6.45) is 6.41. The SMILES string of the molecule is CNC(=O)/C=C/c1c[nH]c2ncnc(OCC(C)C)c12. The van der Waals surface area contributed by atoms with Crippen LogP contribution in [0.3, 0.4) is 0 Å². The number of nitrogens with one attached hydrogen (secondary N) is 2. The first-order valence-corrected chi connectivity index (χ1v) is 6.46. The Morgan fingerprint density at radius 2 is 2.30 bits per heavy atom. The summed E-state index contributed by atoms with van der Waals surface area (Å²) in [4.78, 5) is 22.6. The highest BCUT2D eigenvalue weighted by Gasteiger charge is 2.11. The van der Waals surface area contributed by atoms with Crippen LogP contribution in [0.1, 0.15) is 19.4 Å². The number of aromatic nitrogens is 3. The molecule has 2 N–H and O–H groups in total. The van der Waals surface area contributed by atoms with Gasteiger partial charge in [0.25, 0.3) is 0 Å². The summed E-state index contributed by atoms with van der Waals surface area (Å²) >= 11 is 0. The lowest BCUT2D eigenvalue weighted by Crippen LogP contribution is -2.13. The van der Waals surface area contributed by atoms with Crippen molar-refractivity contribution in [2.45, 2.75) is 13.8 Å². The molecule has 0 atom stereocenters. The van der Waals surface area contributed by atoms with E-state index in [4.69, 9.17) is 4.74 Å². The van der Waals surface area contributed by atoms with Crippen molar-refractivity contribution in [1.29, 1.82) is 0 Å². The average Bonchev–Trinajstić information content (AvgIpc) is 2.86. The molecule has 0 saturated carbocycles. The van der Waals surface area contributed by atoms with E-state index in [-0.39, 0.29) is 5.91 Å². The van der Waals surface area contributed by atoms with E-state index in [9.17, 15) is 4.79 Å². The molecule has 1 amide bonds. The number of carbonyl (C=O) groups is 1. The van der Waals surface area contributed by atoms with E-state index in [0.29, 0.717) is 24.1 Å². The minimum Gasteiger partial charge on any atom is -0.477 e. The number of likely N-dealkylation sites (N-methyl/N-ethyl adjacent to an activating group) is 1. The van der Waals surface area contributed by atoms with E-state index in [1.54, 1.807) is 19.3 Å². The molecule has 2 rings (SSSR count). The Bertz CT molecular complexity index is 631. The van der Waals surface area contributed by atoms with Crippen molar-refractivity contribution in [2.24, 2.45) is 5.92 Å². The first-order valence-electron chi connectivity index (χ1n) is 6.46. The maximum atomic E-state index is 11.3. The summed E-state index contributed by atoms with van der Waals surface area (Å²) < 4.78 is 5.71. The van der Waals surface area contributed by atoms with Crippen molar-refractivity contribution >= 4 is 23.0 Å². The quantitative estimate of drug-likeness (QED) is 0.814. The zero-order valence-corrected chi connectivity index (χ0v) is 11.8. The molecule has 0 aliphatic heterocycles. The van der Waals surface area contributed by atoms with Gasteiger partial charge < -0.3 is 15.0 Å². The fourth-order valence-corrected chi connectivity index (χ4v) is 1.69. The van der Waals surface area contributed by atoms with Gasteiger partial charge in [-0.05, 0) is 12.0 Å². The fourth-order valence-electron chi connectivity index (χ4n) is 1.69. The molecule has 2 heterocycles. The van der Waals surface area contributed by atoms with Crippen LogP contribution in [0.5, 0.6) is 5.88 Å². The van der Waals surface area contributed by atoms with Crippen LogP contribution in [0, 0.1) is 5.92 Å².